The summed E-state index contributed by atoms with van der Waals surface area (Å²) in [6, 6.07) is 0.185. The first-order chi connectivity index (χ1) is 3.68. The summed E-state index contributed by atoms with van der Waals surface area (Å²) in [5.74, 6) is 0. The highest BCUT2D eigenvalue weighted by atomic mass is 32.2. The Labute approximate surface area is 54.8 Å². The Hall–Kier alpha value is 0.270. The molecule has 8 heavy (non-hydrogen) atoms. The van der Waals surface area contributed by atoms with Crippen LogP contribution in [0.25, 0.3) is 0 Å². The number of nitrogens with one attached hydrogen (secondary N) is 1. The number of aliphatic hydroxyl groups is 1. The molecule has 0 aromatic heterocycles. The van der Waals surface area contributed by atoms with Gasteiger partial charge in [-0.15, -0.1) is 0 Å². The van der Waals surface area contributed by atoms with Crippen molar-refractivity contribution in [2.45, 2.75) is 26.0 Å². The zero-order valence-corrected chi connectivity index (χ0v) is 6.33. The van der Waals surface area contributed by atoms with Crippen LogP contribution in [0.5, 0.6) is 0 Å². The summed E-state index contributed by atoms with van der Waals surface area (Å²) in [5.41, 5.74) is 0. The van der Waals surface area contributed by atoms with Crippen molar-refractivity contribution >= 4 is 11.9 Å². The highest BCUT2D eigenvalue weighted by Gasteiger charge is 2.04. The normalized spacial score (nSPS) is 18.0. The molecule has 0 aliphatic heterocycles. The highest BCUT2D eigenvalue weighted by molar-refractivity contribution is 7.96. The lowest BCUT2D eigenvalue weighted by Gasteiger charge is -2.13. The number of hydrogen-bond acceptors (Lipinski definition) is 3. The lowest BCUT2D eigenvalue weighted by atomic mass is 10.2. The van der Waals surface area contributed by atoms with E-state index in [0.29, 0.717) is 0 Å². The number of aliphatic hydroxyl groups excluding tert-OH is 1. The Morgan fingerprint density at radius 2 is 2.00 bits per heavy atom. The molecular formula is C5H13NOS. The topological polar surface area (TPSA) is 32.3 Å². The van der Waals surface area contributed by atoms with Crippen LogP contribution in [0.3, 0.4) is 0 Å². The molecule has 50 valence electrons. The van der Waals surface area contributed by atoms with E-state index in [1.54, 1.807) is 6.92 Å². The average molecular weight is 135 g/mol. The monoisotopic (exact) mass is 135 g/mol. The van der Waals surface area contributed by atoms with Gasteiger partial charge in [-0.3, -0.25) is 4.72 Å². The molecule has 0 spiro atoms. The highest BCUT2D eigenvalue weighted by Crippen LogP contribution is 1.94. The van der Waals surface area contributed by atoms with Crippen molar-refractivity contribution in [3.63, 3.8) is 0 Å². The van der Waals surface area contributed by atoms with E-state index >= 15 is 0 Å². The molecule has 0 saturated heterocycles. The summed E-state index contributed by atoms with van der Waals surface area (Å²) in [6.07, 6.45) is 1.68. The SMILES string of the molecule is CSN[C@@H](C)[C@@H](C)O. The summed E-state index contributed by atoms with van der Waals surface area (Å²) in [4.78, 5) is 0. The smallest absolute Gasteiger partial charge is 0.0671 e. The maximum Gasteiger partial charge on any atom is 0.0671 e. The predicted octanol–water partition coefficient (Wildman–Crippen LogP) is 0.623. The molecule has 2 atom stereocenters. The predicted molar refractivity (Wildman–Crippen MR) is 37.8 cm³/mol. The molecule has 0 bridgehead atoms. The van der Waals surface area contributed by atoms with Crippen molar-refractivity contribution in [2.24, 2.45) is 0 Å². The van der Waals surface area contributed by atoms with Crippen LogP contribution in [0.4, 0.5) is 0 Å². The third-order valence-corrected chi connectivity index (χ3v) is 1.63. The van der Waals surface area contributed by atoms with Crippen LogP contribution >= 0.6 is 11.9 Å². The second kappa shape index (κ2) is 4.18. The maximum atomic E-state index is 8.88. The van der Waals surface area contributed by atoms with Crippen LogP contribution in [0.15, 0.2) is 0 Å². The van der Waals surface area contributed by atoms with Gasteiger partial charge in [-0.2, -0.15) is 0 Å². The maximum absolute atomic E-state index is 8.88. The molecule has 0 aliphatic carbocycles. The van der Waals surface area contributed by atoms with Crippen molar-refractivity contribution < 1.29 is 5.11 Å². The molecule has 0 aromatic carbocycles. The van der Waals surface area contributed by atoms with Gasteiger partial charge in [0.25, 0.3) is 0 Å². The fourth-order valence-corrected chi connectivity index (χ4v) is 0.853. The second-order valence-corrected chi connectivity index (χ2v) is 2.50. The third-order valence-electron chi connectivity index (χ3n) is 1.03. The Bertz CT molecular complexity index is 58.4. The van der Waals surface area contributed by atoms with Crippen molar-refractivity contribution in [3.05, 3.63) is 0 Å². The van der Waals surface area contributed by atoms with Crippen molar-refractivity contribution in [2.75, 3.05) is 6.26 Å². The Kier molecular flexibility index (Phi) is 4.32. The summed E-state index contributed by atoms with van der Waals surface area (Å²) in [6.45, 7) is 3.72. The van der Waals surface area contributed by atoms with Crippen LogP contribution in [-0.4, -0.2) is 23.5 Å². The first-order valence-corrected chi connectivity index (χ1v) is 3.87. The molecule has 0 saturated carbocycles. The van der Waals surface area contributed by atoms with E-state index in [-0.39, 0.29) is 12.1 Å². The standard InChI is InChI=1S/C5H13NOS/c1-4(5(2)7)6-8-3/h4-7H,1-3H3/t4-,5+/m0/s1. The largest absolute Gasteiger partial charge is 0.392 e. The van der Waals surface area contributed by atoms with E-state index in [0.717, 1.165) is 0 Å². The molecule has 0 unspecified atom stereocenters. The van der Waals surface area contributed by atoms with E-state index < -0.39 is 0 Å². The van der Waals surface area contributed by atoms with Crippen LogP contribution in [0, 0.1) is 0 Å². The first kappa shape index (κ1) is 8.27. The molecule has 0 heterocycles. The van der Waals surface area contributed by atoms with Crippen LogP contribution < -0.4 is 4.72 Å². The Morgan fingerprint density at radius 3 is 2.12 bits per heavy atom. The number of hydrogen-bond donors (Lipinski definition) is 2. The Balaban J connectivity index is 3.17. The fourth-order valence-electron chi connectivity index (χ4n) is 0.284. The lowest BCUT2D eigenvalue weighted by Crippen LogP contribution is -2.30. The van der Waals surface area contributed by atoms with Crippen molar-refractivity contribution in [1.29, 1.82) is 0 Å². The Morgan fingerprint density at radius 1 is 1.50 bits per heavy atom. The van der Waals surface area contributed by atoms with E-state index in [1.807, 2.05) is 13.2 Å². The fraction of sp³-hybridized carbons (Fsp3) is 1.00. The molecule has 2 N–H and O–H groups in total. The van der Waals surface area contributed by atoms with Gasteiger partial charge in [-0.1, -0.05) is 11.9 Å². The molecule has 3 heteroatoms. The molecule has 0 aromatic rings. The van der Waals surface area contributed by atoms with Gasteiger partial charge in [0.1, 0.15) is 0 Å². The minimum Gasteiger partial charge on any atom is -0.392 e. The summed E-state index contributed by atoms with van der Waals surface area (Å²) in [5, 5.41) is 8.88. The van der Waals surface area contributed by atoms with Gasteiger partial charge in [-0.25, -0.2) is 0 Å². The third kappa shape index (κ3) is 3.29. The lowest BCUT2D eigenvalue weighted by molar-refractivity contribution is 0.165. The van der Waals surface area contributed by atoms with Gasteiger partial charge in [-0.05, 0) is 20.1 Å². The van der Waals surface area contributed by atoms with E-state index in [4.69, 9.17) is 5.11 Å². The van der Waals surface area contributed by atoms with Gasteiger partial charge in [0.15, 0.2) is 0 Å². The van der Waals surface area contributed by atoms with Crippen molar-refractivity contribution in [1.82, 2.24) is 4.72 Å². The summed E-state index contributed by atoms with van der Waals surface area (Å²) in [7, 11) is 0. The van der Waals surface area contributed by atoms with Crippen molar-refractivity contribution in [3.8, 4) is 0 Å². The van der Waals surface area contributed by atoms with Crippen LogP contribution in [0.1, 0.15) is 13.8 Å². The molecule has 2 nitrogen and oxygen atoms in total. The average Bonchev–Trinajstić information content (AvgIpc) is 1.67. The molecule has 0 aliphatic rings. The van der Waals surface area contributed by atoms with Gasteiger partial charge >= 0.3 is 0 Å². The van der Waals surface area contributed by atoms with Crippen LogP contribution in [0.2, 0.25) is 0 Å². The summed E-state index contributed by atoms with van der Waals surface area (Å²) >= 11 is 1.53. The van der Waals surface area contributed by atoms with Gasteiger partial charge in [0.05, 0.1) is 6.10 Å². The quantitative estimate of drug-likeness (QED) is 0.556. The molecule has 0 rings (SSSR count). The molecular weight excluding hydrogens is 122 g/mol. The zero-order chi connectivity index (χ0) is 6.57. The first-order valence-electron chi connectivity index (χ1n) is 2.65. The van der Waals surface area contributed by atoms with E-state index in [2.05, 4.69) is 4.72 Å². The molecule has 0 amide bonds. The number of rotatable bonds is 3. The summed E-state index contributed by atoms with van der Waals surface area (Å²) < 4.78 is 3.01. The molecule has 0 radical (unpaired) electrons. The van der Waals surface area contributed by atoms with Gasteiger partial charge in [0, 0.05) is 6.04 Å². The second-order valence-electron chi connectivity index (χ2n) is 1.85. The van der Waals surface area contributed by atoms with Gasteiger partial charge in [0.2, 0.25) is 0 Å². The van der Waals surface area contributed by atoms with E-state index in [9.17, 15) is 0 Å². The minimum atomic E-state index is -0.262. The zero-order valence-electron chi connectivity index (χ0n) is 5.51. The minimum absolute atomic E-state index is 0.185. The van der Waals surface area contributed by atoms with Gasteiger partial charge < -0.3 is 5.11 Å². The van der Waals surface area contributed by atoms with E-state index in [1.165, 1.54) is 11.9 Å². The van der Waals surface area contributed by atoms with Crippen LogP contribution in [-0.2, 0) is 0 Å². The molecule has 0 fully saturated rings.